The van der Waals surface area contributed by atoms with E-state index in [0.717, 1.165) is 28.5 Å². The van der Waals surface area contributed by atoms with Crippen LogP contribution in [0.5, 0.6) is 0 Å². The second-order valence-electron chi connectivity index (χ2n) is 5.45. The molecule has 0 atom stereocenters. The van der Waals surface area contributed by atoms with Crippen LogP contribution in [0.15, 0.2) is 0 Å². The van der Waals surface area contributed by atoms with E-state index in [4.69, 9.17) is 22.9 Å². The van der Waals surface area contributed by atoms with Crippen molar-refractivity contribution < 1.29 is 0 Å². The third-order valence-electron chi connectivity index (χ3n) is 2.38. The molecule has 17 heavy (non-hydrogen) atoms. The lowest BCUT2D eigenvalue weighted by atomic mass is 9.91. The summed E-state index contributed by atoms with van der Waals surface area (Å²) in [5, 5.41) is 1.12. The summed E-state index contributed by atoms with van der Waals surface area (Å²) in [5.41, 5.74) is 6.79. The summed E-state index contributed by atoms with van der Waals surface area (Å²) >= 11 is 6.74. The molecule has 1 heterocycles. The summed E-state index contributed by atoms with van der Waals surface area (Å²) in [5.74, 6) is 0. The second-order valence-corrected chi connectivity index (χ2v) is 6.98. The van der Waals surface area contributed by atoms with Gasteiger partial charge in [-0.1, -0.05) is 33.0 Å². The van der Waals surface area contributed by atoms with E-state index in [9.17, 15) is 0 Å². The minimum atomic E-state index is -0.00830. The number of thiazole rings is 1. The van der Waals surface area contributed by atoms with E-state index in [1.165, 1.54) is 0 Å². The molecule has 0 amide bonds. The van der Waals surface area contributed by atoms with Crippen molar-refractivity contribution in [1.82, 2.24) is 9.88 Å². The van der Waals surface area contributed by atoms with Gasteiger partial charge in [-0.15, -0.1) is 11.3 Å². The van der Waals surface area contributed by atoms with E-state index in [0.29, 0.717) is 4.99 Å². The van der Waals surface area contributed by atoms with Crippen LogP contribution in [-0.2, 0) is 11.8 Å². The molecule has 0 aliphatic rings. The Kier molecular flexibility index (Phi) is 4.63. The van der Waals surface area contributed by atoms with Crippen molar-refractivity contribution in [3.63, 3.8) is 0 Å². The van der Waals surface area contributed by atoms with E-state index < -0.39 is 0 Å². The monoisotopic (exact) mass is 271 g/mol. The molecule has 0 unspecified atom stereocenters. The topological polar surface area (TPSA) is 42.2 Å². The van der Waals surface area contributed by atoms with Gasteiger partial charge in [0.1, 0.15) is 4.99 Å². The lowest BCUT2D eigenvalue weighted by Crippen LogP contribution is -2.19. The van der Waals surface area contributed by atoms with Crippen molar-refractivity contribution in [2.24, 2.45) is 5.73 Å². The highest BCUT2D eigenvalue weighted by atomic mass is 32.1. The van der Waals surface area contributed by atoms with Gasteiger partial charge in [0.05, 0.1) is 15.6 Å². The quantitative estimate of drug-likeness (QED) is 0.852. The molecule has 1 aromatic heterocycles. The van der Waals surface area contributed by atoms with Gasteiger partial charge >= 0.3 is 0 Å². The Bertz CT molecular complexity index is 402. The van der Waals surface area contributed by atoms with Crippen LogP contribution in [0.3, 0.4) is 0 Å². The van der Waals surface area contributed by atoms with Gasteiger partial charge in [-0.2, -0.15) is 0 Å². The first kappa shape index (κ1) is 14.5. The van der Waals surface area contributed by atoms with E-state index in [1.807, 2.05) is 0 Å². The van der Waals surface area contributed by atoms with E-state index in [1.54, 1.807) is 11.3 Å². The molecule has 3 nitrogen and oxygen atoms in total. The Hall–Kier alpha value is -0.520. The van der Waals surface area contributed by atoms with Crippen molar-refractivity contribution >= 4 is 28.5 Å². The smallest absolute Gasteiger partial charge is 0.116 e. The minimum Gasteiger partial charge on any atom is -0.389 e. The fourth-order valence-electron chi connectivity index (χ4n) is 1.47. The van der Waals surface area contributed by atoms with Crippen molar-refractivity contribution in [3.05, 3.63) is 15.6 Å². The normalized spacial score (nSPS) is 12.1. The molecule has 0 fully saturated rings. The number of nitrogens with two attached hydrogens (primary N) is 1. The molecule has 0 spiro atoms. The zero-order valence-electron chi connectivity index (χ0n) is 11.2. The number of likely N-dealkylation sites (N-methyl/N-ethyl adjacent to an activating group) is 1. The molecular weight excluding hydrogens is 250 g/mol. The third-order valence-corrected chi connectivity index (χ3v) is 3.86. The first-order chi connectivity index (χ1) is 7.71. The fourth-order valence-corrected chi connectivity index (χ4v) is 2.80. The summed E-state index contributed by atoms with van der Waals surface area (Å²) in [7, 11) is 4.12. The van der Waals surface area contributed by atoms with Gasteiger partial charge < -0.3 is 10.6 Å². The first-order valence-electron chi connectivity index (χ1n) is 5.66. The van der Waals surface area contributed by atoms with Crippen molar-refractivity contribution in [2.75, 3.05) is 20.6 Å². The molecule has 5 heteroatoms. The molecule has 0 aromatic carbocycles. The number of nitrogens with zero attached hydrogens (tertiary/aromatic N) is 2. The summed E-state index contributed by atoms with van der Waals surface area (Å²) in [6, 6.07) is 0. The van der Waals surface area contributed by atoms with Crippen molar-refractivity contribution in [3.8, 4) is 0 Å². The third kappa shape index (κ3) is 4.01. The van der Waals surface area contributed by atoms with Gasteiger partial charge in [-0.25, -0.2) is 4.98 Å². The maximum absolute atomic E-state index is 5.77. The molecule has 0 saturated carbocycles. The van der Waals surface area contributed by atoms with Gasteiger partial charge in [-0.3, -0.25) is 0 Å². The molecular formula is C12H21N3S2. The van der Waals surface area contributed by atoms with Gasteiger partial charge in [0.25, 0.3) is 0 Å². The standard InChI is InChI=1S/C12H21N3S2/c1-12(2,3)10-9(11(13)16)17-8(14-10)6-7-15(4)5/h6-7H2,1-5H3,(H2,13,16). The zero-order valence-corrected chi connectivity index (χ0v) is 12.8. The fraction of sp³-hybridized carbons (Fsp3) is 0.667. The highest BCUT2D eigenvalue weighted by Crippen LogP contribution is 2.29. The Morgan fingerprint density at radius 3 is 2.35 bits per heavy atom. The minimum absolute atomic E-state index is 0.00830. The highest BCUT2D eigenvalue weighted by Gasteiger charge is 2.24. The second kappa shape index (κ2) is 5.42. The van der Waals surface area contributed by atoms with E-state index in [2.05, 4.69) is 39.8 Å². The van der Waals surface area contributed by atoms with Crippen LogP contribution in [0.4, 0.5) is 0 Å². The largest absolute Gasteiger partial charge is 0.389 e. The number of aromatic nitrogens is 1. The van der Waals surface area contributed by atoms with E-state index in [-0.39, 0.29) is 5.41 Å². The average Bonchev–Trinajstić information content (AvgIpc) is 2.57. The predicted molar refractivity (Wildman–Crippen MR) is 79.0 cm³/mol. The molecule has 0 aliphatic carbocycles. The highest BCUT2D eigenvalue weighted by molar-refractivity contribution is 7.81. The Morgan fingerprint density at radius 1 is 1.41 bits per heavy atom. The van der Waals surface area contributed by atoms with Crippen LogP contribution in [-0.4, -0.2) is 35.5 Å². The van der Waals surface area contributed by atoms with Crippen molar-refractivity contribution in [2.45, 2.75) is 32.6 Å². The Morgan fingerprint density at radius 2 is 2.00 bits per heavy atom. The number of thiocarbonyl (C=S) groups is 1. The van der Waals surface area contributed by atoms with Crippen LogP contribution < -0.4 is 5.73 Å². The molecule has 0 aliphatic heterocycles. The Labute approximate surface area is 113 Å². The zero-order chi connectivity index (χ0) is 13.2. The molecule has 96 valence electrons. The average molecular weight is 271 g/mol. The maximum Gasteiger partial charge on any atom is 0.116 e. The van der Waals surface area contributed by atoms with Crippen LogP contribution in [0.1, 0.15) is 36.3 Å². The number of hydrogen-bond donors (Lipinski definition) is 1. The van der Waals surface area contributed by atoms with Crippen LogP contribution in [0.25, 0.3) is 0 Å². The molecule has 0 saturated heterocycles. The van der Waals surface area contributed by atoms with Gasteiger partial charge in [0.15, 0.2) is 0 Å². The lowest BCUT2D eigenvalue weighted by Gasteiger charge is -2.17. The van der Waals surface area contributed by atoms with Gasteiger partial charge in [-0.05, 0) is 14.1 Å². The number of hydrogen-bond acceptors (Lipinski definition) is 4. The first-order valence-corrected chi connectivity index (χ1v) is 6.89. The van der Waals surface area contributed by atoms with Crippen LogP contribution in [0, 0.1) is 0 Å². The lowest BCUT2D eigenvalue weighted by molar-refractivity contribution is 0.413. The molecule has 1 aromatic rings. The predicted octanol–water partition coefficient (Wildman–Crippen LogP) is 2.18. The van der Waals surface area contributed by atoms with Crippen LogP contribution >= 0.6 is 23.6 Å². The molecule has 0 bridgehead atoms. The summed E-state index contributed by atoms with van der Waals surface area (Å²) in [6.45, 7) is 7.41. The van der Waals surface area contributed by atoms with Crippen molar-refractivity contribution in [1.29, 1.82) is 0 Å². The molecule has 0 radical (unpaired) electrons. The molecule has 1 rings (SSSR count). The number of rotatable bonds is 4. The summed E-state index contributed by atoms with van der Waals surface area (Å²) in [4.78, 5) is 8.29. The van der Waals surface area contributed by atoms with E-state index >= 15 is 0 Å². The Balaban J connectivity index is 3.01. The maximum atomic E-state index is 5.77. The van der Waals surface area contributed by atoms with Gasteiger partial charge in [0.2, 0.25) is 0 Å². The van der Waals surface area contributed by atoms with Crippen LogP contribution in [0.2, 0.25) is 0 Å². The summed E-state index contributed by atoms with van der Waals surface area (Å²) < 4.78 is 0. The van der Waals surface area contributed by atoms with Gasteiger partial charge in [0, 0.05) is 18.4 Å². The molecule has 2 N–H and O–H groups in total. The summed E-state index contributed by atoms with van der Waals surface area (Å²) in [6.07, 6.45) is 0.948. The SMILES string of the molecule is CN(C)CCc1nc(C(C)(C)C)c(C(N)=S)s1.